The first-order valence-corrected chi connectivity index (χ1v) is 10.8. The summed E-state index contributed by atoms with van der Waals surface area (Å²) in [4.78, 5) is 35.0. The third kappa shape index (κ3) is 5.13. The molecule has 0 spiro atoms. The molecule has 9 heteroatoms. The summed E-state index contributed by atoms with van der Waals surface area (Å²) >= 11 is 0. The zero-order chi connectivity index (χ0) is 23.6. The zero-order valence-corrected chi connectivity index (χ0v) is 17.7. The SMILES string of the molecule is O=C(CC(NC(=O)OCC1c2ccccc2-c2ccccc21)C1CC1)NCC(F)(F)C(=O)O. The number of benzene rings is 2. The van der Waals surface area contributed by atoms with Crippen LogP contribution in [0, 0.1) is 5.92 Å². The molecule has 2 amide bonds. The fourth-order valence-corrected chi connectivity index (χ4v) is 4.18. The highest BCUT2D eigenvalue weighted by Gasteiger charge is 2.40. The van der Waals surface area contributed by atoms with E-state index in [0.717, 1.165) is 35.1 Å². The summed E-state index contributed by atoms with van der Waals surface area (Å²) in [6, 6.07) is 15.3. The van der Waals surface area contributed by atoms with Crippen LogP contribution in [0.1, 0.15) is 36.3 Å². The molecule has 174 valence electrons. The summed E-state index contributed by atoms with van der Waals surface area (Å²) in [6.45, 7) is -1.18. The number of alkyl carbamates (subject to hydrolysis) is 1. The number of carboxylic acids is 1. The molecule has 0 bridgehead atoms. The molecule has 3 N–H and O–H groups in total. The Labute approximate surface area is 189 Å². The third-order valence-electron chi connectivity index (χ3n) is 6.06. The van der Waals surface area contributed by atoms with Crippen LogP contribution < -0.4 is 10.6 Å². The molecule has 1 atom stereocenters. The molecule has 2 aliphatic carbocycles. The highest BCUT2D eigenvalue weighted by molar-refractivity contribution is 5.81. The van der Waals surface area contributed by atoms with E-state index in [1.807, 2.05) is 53.8 Å². The Morgan fingerprint density at radius 3 is 2.15 bits per heavy atom. The highest BCUT2D eigenvalue weighted by Crippen LogP contribution is 2.44. The Kier molecular flexibility index (Phi) is 6.31. The van der Waals surface area contributed by atoms with Crippen LogP contribution in [-0.2, 0) is 14.3 Å². The average Bonchev–Trinajstić information content (AvgIpc) is 3.59. The largest absolute Gasteiger partial charge is 0.477 e. The summed E-state index contributed by atoms with van der Waals surface area (Å²) in [7, 11) is 0. The number of rotatable bonds is 9. The van der Waals surface area contributed by atoms with Gasteiger partial charge in [-0.2, -0.15) is 8.78 Å². The maximum atomic E-state index is 13.2. The molecule has 0 saturated heterocycles. The van der Waals surface area contributed by atoms with Crippen molar-refractivity contribution in [1.82, 2.24) is 10.6 Å². The average molecular weight is 458 g/mol. The number of carbonyl (C=O) groups is 3. The number of halogens is 2. The molecule has 33 heavy (non-hydrogen) atoms. The van der Waals surface area contributed by atoms with E-state index in [9.17, 15) is 23.2 Å². The van der Waals surface area contributed by atoms with Crippen molar-refractivity contribution in [2.45, 2.75) is 37.1 Å². The van der Waals surface area contributed by atoms with Gasteiger partial charge in [0.2, 0.25) is 5.91 Å². The maximum Gasteiger partial charge on any atom is 0.407 e. The Hall–Kier alpha value is -3.49. The summed E-state index contributed by atoms with van der Waals surface area (Å²) in [6.07, 6.45) is 0.682. The van der Waals surface area contributed by atoms with Gasteiger partial charge in [-0.15, -0.1) is 0 Å². The number of ether oxygens (including phenoxy) is 1. The number of fused-ring (bicyclic) bond motifs is 3. The zero-order valence-electron chi connectivity index (χ0n) is 17.7. The smallest absolute Gasteiger partial charge is 0.407 e. The van der Waals surface area contributed by atoms with Gasteiger partial charge in [-0.1, -0.05) is 48.5 Å². The molecule has 0 aromatic heterocycles. The number of hydrogen-bond donors (Lipinski definition) is 3. The summed E-state index contributed by atoms with van der Waals surface area (Å²) < 4.78 is 31.9. The molecule has 0 aliphatic heterocycles. The lowest BCUT2D eigenvalue weighted by molar-refractivity contribution is -0.164. The van der Waals surface area contributed by atoms with Crippen molar-refractivity contribution in [3.8, 4) is 11.1 Å². The second-order valence-corrected chi connectivity index (χ2v) is 8.40. The molecule has 2 aromatic carbocycles. The number of carbonyl (C=O) groups excluding carboxylic acids is 2. The van der Waals surface area contributed by atoms with Crippen LogP contribution in [0.15, 0.2) is 48.5 Å². The number of aliphatic carboxylic acids is 1. The second-order valence-electron chi connectivity index (χ2n) is 8.40. The highest BCUT2D eigenvalue weighted by atomic mass is 19.3. The van der Waals surface area contributed by atoms with Crippen molar-refractivity contribution in [3.05, 3.63) is 59.7 Å². The van der Waals surface area contributed by atoms with Crippen molar-refractivity contribution < 1.29 is 33.0 Å². The summed E-state index contributed by atoms with van der Waals surface area (Å²) in [5, 5.41) is 13.1. The first kappa shape index (κ1) is 22.7. The Morgan fingerprint density at radius 1 is 1.03 bits per heavy atom. The van der Waals surface area contributed by atoms with Crippen LogP contribution >= 0.6 is 0 Å². The predicted octanol–water partition coefficient (Wildman–Crippen LogP) is 3.53. The van der Waals surface area contributed by atoms with Crippen LogP contribution in [0.5, 0.6) is 0 Å². The van der Waals surface area contributed by atoms with Gasteiger partial charge < -0.3 is 20.5 Å². The molecule has 1 unspecified atom stereocenters. The molecule has 1 saturated carbocycles. The van der Waals surface area contributed by atoms with Crippen molar-refractivity contribution in [2.24, 2.45) is 5.92 Å². The molecule has 2 aliphatic rings. The lowest BCUT2D eigenvalue weighted by Crippen LogP contribution is -2.45. The van der Waals surface area contributed by atoms with E-state index >= 15 is 0 Å². The topological polar surface area (TPSA) is 105 Å². The minimum Gasteiger partial charge on any atom is -0.477 e. The Morgan fingerprint density at radius 2 is 1.61 bits per heavy atom. The minimum atomic E-state index is -4.05. The van der Waals surface area contributed by atoms with Gasteiger partial charge in [-0.3, -0.25) is 4.79 Å². The van der Waals surface area contributed by atoms with Gasteiger partial charge >= 0.3 is 18.0 Å². The van der Waals surface area contributed by atoms with E-state index in [1.54, 1.807) is 0 Å². The molecule has 7 nitrogen and oxygen atoms in total. The Balaban J connectivity index is 1.33. The van der Waals surface area contributed by atoms with E-state index in [1.165, 1.54) is 0 Å². The molecular formula is C24H24F2N2O5. The lowest BCUT2D eigenvalue weighted by atomic mass is 9.98. The van der Waals surface area contributed by atoms with Crippen molar-refractivity contribution in [2.75, 3.05) is 13.2 Å². The predicted molar refractivity (Wildman–Crippen MR) is 115 cm³/mol. The van der Waals surface area contributed by atoms with Crippen LogP contribution in [0.25, 0.3) is 11.1 Å². The number of amides is 2. The van der Waals surface area contributed by atoms with Gasteiger partial charge in [0.25, 0.3) is 0 Å². The van der Waals surface area contributed by atoms with E-state index in [2.05, 4.69) is 5.32 Å². The van der Waals surface area contributed by atoms with Gasteiger partial charge in [0.05, 0.1) is 6.54 Å². The normalized spacial score (nSPS) is 15.8. The molecule has 0 radical (unpaired) electrons. The van der Waals surface area contributed by atoms with Gasteiger partial charge in [0.1, 0.15) is 6.61 Å². The van der Waals surface area contributed by atoms with Crippen LogP contribution in [-0.4, -0.2) is 48.2 Å². The number of nitrogens with one attached hydrogen (secondary N) is 2. The fourth-order valence-electron chi connectivity index (χ4n) is 4.18. The van der Waals surface area contributed by atoms with Gasteiger partial charge in [-0.05, 0) is 41.0 Å². The van der Waals surface area contributed by atoms with E-state index in [-0.39, 0.29) is 24.9 Å². The van der Waals surface area contributed by atoms with Gasteiger partial charge in [0.15, 0.2) is 0 Å². The monoisotopic (exact) mass is 458 g/mol. The van der Waals surface area contributed by atoms with E-state index in [0.29, 0.717) is 0 Å². The van der Waals surface area contributed by atoms with Crippen LogP contribution in [0.3, 0.4) is 0 Å². The summed E-state index contributed by atoms with van der Waals surface area (Å²) in [5.41, 5.74) is 4.36. The van der Waals surface area contributed by atoms with Crippen molar-refractivity contribution >= 4 is 18.0 Å². The van der Waals surface area contributed by atoms with Crippen molar-refractivity contribution in [3.63, 3.8) is 0 Å². The first-order valence-electron chi connectivity index (χ1n) is 10.8. The van der Waals surface area contributed by atoms with E-state index in [4.69, 9.17) is 9.84 Å². The standard InChI is InChI=1S/C24H24F2N2O5/c25-24(26,22(30)31)13-27-21(29)11-20(14-9-10-14)28-23(32)33-12-19-17-7-3-1-5-15(17)16-6-2-4-8-18(16)19/h1-8,14,19-20H,9-13H2,(H,27,29)(H,28,32)(H,30,31). The van der Waals surface area contributed by atoms with Crippen LogP contribution in [0.4, 0.5) is 13.6 Å². The lowest BCUT2D eigenvalue weighted by Gasteiger charge is -2.20. The molecule has 1 fully saturated rings. The number of hydrogen-bond acceptors (Lipinski definition) is 4. The quantitative estimate of drug-likeness (QED) is 0.533. The maximum absolute atomic E-state index is 13.2. The second kappa shape index (κ2) is 9.17. The van der Waals surface area contributed by atoms with E-state index < -0.39 is 36.5 Å². The van der Waals surface area contributed by atoms with Gasteiger partial charge in [-0.25, -0.2) is 9.59 Å². The third-order valence-corrected chi connectivity index (χ3v) is 6.06. The Bertz CT molecular complexity index is 1020. The fraction of sp³-hybridized carbons (Fsp3) is 0.375. The molecule has 0 heterocycles. The van der Waals surface area contributed by atoms with Gasteiger partial charge in [0, 0.05) is 18.4 Å². The molecular weight excluding hydrogens is 434 g/mol. The summed E-state index contributed by atoms with van der Waals surface area (Å²) in [5.74, 6) is -7.17. The molecule has 2 aromatic rings. The van der Waals surface area contributed by atoms with Crippen molar-refractivity contribution in [1.29, 1.82) is 0 Å². The van der Waals surface area contributed by atoms with Crippen LogP contribution in [0.2, 0.25) is 0 Å². The number of alkyl halides is 2. The first-order chi connectivity index (χ1) is 15.8. The minimum absolute atomic E-state index is 0.0521. The number of carboxylic acid groups (broad SMARTS) is 1. The molecule has 4 rings (SSSR count).